The van der Waals surface area contributed by atoms with Crippen molar-refractivity contribution in [1.82, 2.24) is 9.38 Å². The highest BCUT2D eigenvalue weighted by atomic mass is 32.2. The summed E-state index contributed by atoms with van der Waals surface area (Å²) in [6.07, 6.45) is 4.92. The predicted molar refractivity (Wildman–Crippen MR) is 79.4 cm³/mol. The number of rotatable bonds is 4. The number of aromatic carboxylic acids is 1. The zero-order valence-electron chi connectivity index (χ0n) is 11.2. The number of carboxylic acids is 1. The Kier molecular flexibility index (Phi) is 3.30. The number of hydrogen-bond donors (Lipinski definition) is 2. The lowest BCUT2D eigenvalue weighted by molar-refractivity contribution is 0.0696. The normalized spacial score (nSPS) is 11.5. The molecule has 0 amide bonds. The molecule has 0 saturated heterocycles. The molecule has 8 heteroatoms. The number of aromatic nitrogens is 2. The first-order valence-electron chi connectivity index (χ1n) is 6.25. The van der Waals surface area contributed by atoms with Crippen LogP contribution in [0.2, 0.25) is 0 Å². The van der Waals surface area contributed by atoms with E-state index >= 15 is 0 Å². The number of hydrogen-bond acceptors (Lipinski definition) is 4. The second-order valence-electron chi connectivity index (χ2n) is 4.55. The van der Waals surface area contributed by atoms with Crippen molar-refractivity contribution in [1.29, 1.82) is 0 Å². The van der Waals surface area contributed by atoms with Crippen LogP contribution in [0, 0.1) is 0 Å². The minimum Gasteiger partial charge on any atom is -0.478 e. The molecule has 0 aliphatic carbocycles. The highest BCUT2D eigenvalue weighted by molar-refractivity contribution is 7.92. The number of imidazole rings is 1. The topological polar surface area (TPSA) is 101 Å². The fourth-order valence-electron chi connectivity index (χ4n) is 1.97. The fraction of sp³-hybridized carbons (Fsp3) is 0. The van der Waals surface area contributed by atoms with Crippen LogP contribution in [0.15, 0.2) is 59.9 Å². The Hall–Kier alpha value is -2.87. The number of nitrogens with zero attached hydrogens (tertiary/aromatic N) is 2. The van der Waals surface area contributed by atoms with Crippen LogP contribution in [0.4, 0.5) is 5.69 Å². The number of fused-ring (bicyclic) bond motifs is 1. The summed E-state index contributed by atoms with van der Waals surface area (Å²) in [5.41, 5.74) is 1.11. The van der Waals surface area contributed by atoms with Gasteiger partial charge in [0.1, 0.15) is 5.65 Å². The van der Waals surface area contributed by atoms with Crippen molar-refractivity contribution < 1.29 is 18.3 Å². The number of anilines is 1. The lowest BCUT2D eigenvalue weighted by atomic mass is 10.2. The van der Waals surface area contributed by atoms with E-state index < -0.39 is 16.0 Å². The van der Waals surface area contributed by atoms with Crippen LogP contribution in [-0.4, -0.2) is 28.9 Å². The third kappa shape index (κ3) is 2.63. The Morgan fingerprint density at radius 2 is 1.86 bits per heavy atom. The van der Waals surface area contributed by atoms with Gasteiger partial charge in [-0.05, 0) is 36.4 Å². The molecule has 2 N–H and O–H groups in total. The number of carbonyl (C=O) groups is 1. The first kappa shape index (κ1) is 14.1. The van der Waals surface area contributed by atoms with Crippen LogP contribution in [0.25, 0.3) is 5.65 Å². The smallest absolute Gasteiger partial charge is 0.335 e. The highest BCUT2D eigenvalue weighted by Crippen LogP contribution is 2.17. The van der Waals surface area contributed by atoms with Crippen LogP contribution >= 0.6 is 0 Å². The molecule has 0 aliphatic rings. The summed E-state index contributed by atoms with van der Waals surface area (Å²) < 4.78 is 28.7. The van der Waals surface area contributed by atoms with Crippen molar-refractivity contribution in [3.8, 4) is 0 Å². The van der Waals surface area contributed by atoms with E-state index in [4.69, 9.17) is 5.11 Å². The van der Waals surface area contributed by atoms with Crippen LogP contribution in [0.1, 0.15) is 10.4 Å². The molecule has 2 aromatic heterocycles. The maximum atomic E-state index is 12.3. The van der Waals surface area contributed by atoms with Gasteiger partial charge in [-0.3, -0.25) is 4.72 Å². The zero-order valence-corrected chi connectivity index (χ0v) is 12.0. The number of carboxylic acid groups (broad SMARTS) is 1. The van der Waals surface area contributed by atoms with Crippen molar-refractivity contribution >= 4 is 27.3 Å². The van der Waals surface area contributed by atoms with Crippen molar-refractivity contribution in [3.05, 3.63) is 60.6 Å². The van der Waals surface area contributed by atoms with Crippen molar-refractivity contribution in [2.45, 2.75) is 4.90 Å². The molecule has 1 aromatic carbocycles. The summed E-state index contributed by atoms with van der Waals surface area (Å²) in [6, 6.07) is 8.28. The number of pyridine rings is 1. The number of benzene rings is 1. The van der Waals surface area contributed by atoms with Crippen LogP contribution in [0.3, 0.4) is 0 Å². The predicted octanol–water partition coefficient (Wildman–Crippen LogP) is 1.83. The molecule has 0 atom stereocenters. The lowest BCUT2D eigenvalue weighted by Crippen LogP contribution is -2.13. The second-order valence-corrected chi connectivity index (χ2v) is 6.23. The molecule has 3 rings (SSSR count). The molecule has 0 bridgehead atoms. The number of sulfonamides is 1. The summed E-state index contributed by atoms with van der Waals surface area (Å²) >= 11 is 0. The first-order chi connectivity index (χ1) is 10.5. The van der Waals surface area contributed by atoms with Gasteiger partial charge in [0.25, 0.3) is 10.0 Å². The van der Waals surface area contributed by atoms with Gasteiger partial charge >= 0.3 is 5.97 Å². The highest BCUT2D eigenvalue weighted by Gasteiger charge is 2.15. The first-order valence-corrected chi connectivity index (χ1v) is 7.73. The average molecular weight is 317 g/mol. The van der Waals surface area contributed by atoms with E-state index in [9.17, 15) is 13.2 Å². The maximum absolute atomic E-state index is 12.3. The molecule has 0 radical (unpaired) electrons. The Bertz CT molecular complexity index is 946. The minimum atomic E-state index is -3.78. The summed E-state index contributed by atoms with van der Waals surface area (Å²) in [7, 11) is -3.78. The van der Waals surface area contributed by atoms with Crippen LogP contribution in [0.5, 0.6) is 0 Å². The van der Waals surface area contributed by atoms with E-state index in [0.717, 1.165) is 0 Å². The summed E-state index contributed by atoms with van der Waals surface area (Å²) in [5.74, 6) is -1.11. The van der Waals surface area contributed by atoms with Gasteiger partial charge in [-0.1, -0.05) is 0 Å². The molecule has 7 nitrogen and oxygen atoms in total. The Balaban J connectivity index is 1.90. The molecule has 112 valence electrons. The van der Waals surface area contributed by atoms with E-state index in [0.29, 0.717) is 11.3 Å². The van der Waals surface area contributed by atoms with Gasteiger partial charge < -0.3 is 9.51 Å². The van der Waals surface area contributed by atoms with E-state index in [1.807, 2.05) is 0 Å². The molecule has 0 spiro atoms. The summed E-state index contributed by atoms with van der Waals surface area (Å²) in [4.78, 5) is 14.8. The molecule has 22 heavy (non-hydrogen) atoms. The third-order valence-corrected chi connectivity index (χ3v) is 4.45. The van der Waals surface area contributed by atoms with E-state index in [1.165, 1.54) is 24.3 Å². The second kappa shape index (κ2) is 5.15. The molecule has 0 fully saturated rings. The molecular weight excluding hydrogens is 306 g/mol. The van der Waals surface area contributed by atoms with Gasteiger partial charge in [-0.15, -0.1) is 0 Å². The summed E-state index contributed by atoms with van der Waals surface area (Å²) in [6.45, 7) is 0. The largest absolute Gasteiger partial charge is 0.478 e. The van der Waals surface area contributed by atoms with Gasteiger partial charge in [-0.25, -0.2) is 18.2 Å². The van der Waals surface area contributed by atoms with Crippen molar-refractivity contribution in [2.75, 3.05) is 4.72 Å². The zero-order chi connectivity index (χ0) is 15.7. The molecular formula is C14H11N3O4S. The fourth-order valence-corrected chi connectivity index (χ4v) is 3.01. The quantitative estimate of drug-likeness (QED) is 0.764. The summed E-state index contributed by atoms with van der Waals surface area (Å²) in [5, 5.41) is 8.82. The molecule has 0 saturated carbocycles. The van der Waals surface area contributed by atoms with Gasteiger partial charge in [0.2, 0.25) is 0 Å². The van der Waals surface area contributed by atoms with Crippen molar-refractivity contribution in [2.24, 2.45) is 0 Å². The van der Waals surface area contributed by atoms with E-state index in [-0.39, 0.29) is 10.5 Å². The minimum absolute atomic E-state index is 0.0109. The van der Waals surface area contributed by atoms with Gasteiger partial charge in [0.05, 0.1) is 16.1 Å². The van der Waals surface area contributed by atoms with Gasteiger partial charge in [-0.2, -0.15) is 0 Å². The SMILES string of the molecule is O=C(O)c1ccc(S(=O)(=O)Nc2ccc3nccn3c2)cc1. The van der Waals surface area contributed by atoms with Crippen LogP contribution in [-0.2, 0) is 10.0 Å². The molecule has 0 aliphatic heterocycles. The Morgan fingerprint density at radius 1 is 1.14 bits per heavy atom. The monoisotopic (exact) mass is 317 g/mol. The van der Waals surface area contributed by atoms with Crippen molar-refractivity contribution in [3.63, 3.8) is 0 Å². The Morgan fingerprint density at radius 3 is 2.55 bits per heavy atom. The van der Waals surface area contributed by atoms with E-state index in [2.05, 4.69) is 9.71 Å². The number of nitrogens with one attached hydrogen (secondary N) is 1. The maximum Gasteiger partial charge on any atom is 0.335 e. The molecule has 2 heterocycles. The average Bonchev–Trinajstić information content (AvgIpc) is 2.94. The molecule has 3 aromatic rings. The standard InChI is InChI=1S/C14H11N3O4S/c18-14(19)10-1-4-12(5-2-10)22(20,21)16-11-3-6-13-15-7-8-17(13)9-11/h1-9,16H,(H,18,19). The lowest BCUT2D eigenvalue weighted by Gasteiger charge is -2.08. The Labute approximate surface area is 125 Å². The third-order valence-electron chi connectivity index (χ3n) is 3.05. The van der Waals surface area contributed by atoms with Gasteiger partial charge in [0, 0.05) is 18.6 Å². The van der Waals surface area contributed by atoms with Crippen LogP contribution < -0.4 is 4.72 Å². The van der Waals surface area contributed by atoms with Gasteiger partial charge in [0.15, 0.2) is 0 Å². The van der Waals surface area contributed by atoms with E-state index in [1.54, 1.807) is 35.1 Å². The molecule has 0 unspecified atom stereocenters.